The molecule has 71 heavy (non-hydrogen) atoms. The summed E-state index contributed by atoms with van der Waals surface area (Å²) in [6, 6.07) is 16.8. The fourth-order valence-electron chi connectivity index (χ4n) is 8.40. The zero-order valence-corrected chi connectivity index (χ0v) is 43.0. The zero-order valence-electron chi connectivity index (χ0n) is 40.6. The van der Waals surface area contributed by atoms with Crippen molar-refractivity contribution in [1.29, 1.82) is 0 Å². The van der Waals surface area contributed by atoms with Crippen molar-refractivity contribution in [3.63, 3.8) is 0 Å². The van der Waals surface area contributed by atoms with Gasteiger partial charge in [0.1, 0.15) is 54.1 Å². The van der Waals surface area contributed by atoms with Gasteiger partial charge in [0.15, 0.2) is 28.6 Å². The first-order valence-electron chi connectivity index (χ1n) is 22.6. The van der Waals surface area contributed by atoms with E-state index >= 15 is 0 Å². The average Bonchev–Trinajstić information content (AvgIpc) is 3.79. The van der Waals surface area contributed by atoms with E-state index in [9.17, 15) is 28.2 Å². The Morgan fingerprint density at radius 3 is 2.11 bits per heavy atom. The number of Topliss-reactive ketones (excluding diaryl/α,β-unsaturated/α-hetero) is 1. The van der Waals surface area contributed by atoms with E-state index in [1.54, 1.807) is 43.6 Å². The molecule has 4 aromatic rings. The lowest BCUT2D eigenvalue weighted by atomic mass is 9.98. The molecule has 374 valence electrons. The Balaban J connectivity index is 1.04. The smallest absolute Gasteiger partial charge is 0.378 e. The maximum atomic E-state index is 14.3. The van der Waals surface area contributed by atoms with Crippen LogP contribution in [0.4, 0.5) is 0 Å². The van der Waals surface area contributed by atoms with Crippen LogP contribution in [0.25, 0.3) is 0 Å². The van der Waals surface area contributed by atoms with Gasteiger partial charge < -0.3 is 43.1 Å². The predicted octanol–water partition coefficient (Wildman–Crippen LogP) is 5.05. The van der Waals surface area contributed by atoms with Crippen LogP contribution in [0.2, 0.25) is 5.02 Å². The van der Waals surface area contributed by atoms with Crippen LogP contribution in [-0.2, 0) is 52.7 Å². The van der Waals surface area contributed by atoms with Gasteiger partial charge in [0.2, 0.25) is 0 Å². The molecule has 0 bridgehead atoms. The monoisotopic (exact) mass is 1030 g/mol. The molecule has 1 unspecified atom stereocenters. The van der Waals surface area contributed by atoms with E-state index in [0.29, 0.717) is 58.2 Å². The van der Waals surface area contributed by atoms with E-state index in [-0.39, 0.29) is 76.7 Å². The number of aryl methyl sites for hydroxylation is 1. The number of methoxy groups -OCH3 is 2. The molecule has 0 aliphatic carbocycles. The fourth-order valence-corrected chi connectivity index (χ4v) is 11.0. The summed E-state index contributed by atoms with van der Waals surface area (Å²) in [5, 5.41) is 7.75. The van der Waals surface area contributed by atoms with Gasteiger partial charge in [-0.1, -0.05) is 41.0 Å². The number of likely N-dealkylation sites (N-methyl/N-ethyl adjacent to an activating group) is 1. The Labute approximate surface area is 424 Å². The maximum Gasteiger partial charge on any atom is 0.378 e. The number of β-lactam (4-membered cyclic amide) rings is 1. The second kappa shape index (κ2) is 22.0. The summed E-state index contributed by atoms with van der Waals surface area (Å²) >= 11 is 8.29. The van der Waals surface area contributed by atoms with Crippen LogP contribution < -0.4 is 24.3 Å². The highest BCUT2D eigenvalue weighted by Gasteiger charge is 2.58. The number of halogens is 1. The van der Waals surface area contributed by atoms with Crippen LogP contribution >= 0.6 is 22.9 Å². The van der Waals surface area contributed by atoms with Gasteiger partial charge in [-0.25, -0.2) is 9.78 Å². The van der Waals surface area contributed by atoms with Gasteiger partial charge in [-0.15, -0.1) is 11.3 Å². The number of thiazole rings is 1. The molecule has 3 amide bonds. The van der Waals surface area contributed by atoms with Gasteiger partial charge in [-0.05, 0) is 75.2 Å². The van der Waals surface area contributed by atoms with Crippen LogP contribution in [0, 0.1) is 6.92 Å². The van der Waals surface area contributed by atoms with Crippen molar-refractivity contribution in [3.8, 4) is 23.0 Å². The summed E-state index contributed by atoms with van der Waals surface area (Å²) in [6.07, 6.45) is 1.12. The number of fused-ring (bicyclic) bond motifs is 1. The number of aromatic nitrogens is 1. The molecule has 0 saturated carbocycles. The highest BCUT2D eigenvalue weighted by Crippen LogP contribution is 2.41. The number of hydrogen-bond donors (Lipinski definition) is 1. The lowest BCUT2D eigenvalue weighted by molar-refractivity contribution is -0.911. The SMILES string of the molecule is [B]OC(=O)C1=C(C[N+](C)(C)C2CCN(C(=O)c3ccc(OCc4ccc(OC)cc4)c(OCc4ccc(OC)cc4)c3Cl)CC2)CS(=O)[C@@H]2[C@H](NC(=O)/C(=N\OC(C)(C)C(C)=O)c3csc(C)n3)C(=O)N12. The quantitative estimate of drug-likeness (QED) is 0.0431. The standard InChI is InChI=1S/C49H54BClN6O12S2/c1-28(58)49(3,4)69-54-40(37-26-70-29(2)52-37)44(59)53-41-46(61)56-42(48(62)68-50)32(27-71(63)47(41)56)23-57(5,6)33-19-21-55(22-20-33)45(60)36-17-18-38(66-24-30-9-13-34(64-7)14-10-30)43(39(36)51)67-25-31-11-15-35(65-8)16-12-31/h9-18,26,33,41,47H,19-25,27H2,1-8H3/p+1/b54-40-/t41-,47-,71?/m1/s1. The third kappa shape index (κ3) is 11.6. The van der Waals surface area contributed by atoms with E-state index in [1.165, 1.54) is 32.1 Å². The van der Waals surface area contributed by atoms with Gasteiger partial charge in [0.25, 0.3) is 17.7 Å². The summed E-state index contributed by atoms with van der Waals surface area (Å²) in [4.78, 5) is 80.0. The van der Waals surface area contributed by atoms with Crippen molar-refractivity contribution < 1.29 is 61.1 Å². The molecule has 1 N–H and O–H groups in total. The van der Waals surface area contributed by atoms with Crippen LogP contribution in [0.3, 0.4) is 0 Å². The second-order valence-electron chi connectivity index (χ2n) is 18.3. The lowest BCUT2D eigenvalue weighted by Gasteiger charge is -2.50. The Morgan fingerprint density at radius 2 is 1.56 bits per heavy atom. The molecule has 3 atom stereocenters. The molecule has 18 nitrogen and oxygen atoms in total. The van der Waals surface area contributed by atoms with Gasteiger partial charge in [-0.2, -0.15) is 0 Å². The van der Waals surface area contributed by atoms with Crippen LogP contribution in [0.15, 0.2) is 82.5 Å². The minimum Gasteiger partial charge on any atom is -0.539 e. The molecular formula is C49H55BClN6O12S2+. The average molecular weight is 1030 g/mol. The minimum absolute atomic E-state index is 0.0400. The molecule has 2 saturated heterocycles. The molecule has 2 fully saturated rings. The van der Waals surface area contributed by atoms with Gasteiger partial charge >= 0.3 is 14.0 Å². The fraction of sp³-hybridized carbons (Fsp3) is 0.408. The number of nitrogens with zero attached hydrogens (tertiary/aromatic N) is 5. The molecule has 0 spiro atoms. The Kier molecular flexibility index (Phi) is 16.3. The number of likely N-dealkylation sites (tertiary alicyclic amines) is 1. The first-order valence-corrected chi connectivity index (χ1v) is 25.2. The second-order valence-corrected chi connectivity index (χ2v) is 21.2. The van der Waals surface area contributed by atoms with E-state index in [0.717, 1.165) is 16.0 Å². The number of hydrogen-bond acceptors (Lipinski definition) is 15. The molecule has 22 heteroatoms. The van der Waals surface area contributed by atoms with Crippen molar-refractivity contribution >= 4 is 77.0 Å². The number of quaternary nitrogens is 1. The molecule has 2 radical (unpaired) electrons. The number of carbonyl (C=O) groups excluding carboxylic acids is 5. The first kappa shape index (κ1) is 52.5. The van der Waals surface area contributed by atoms with Gasteiger partial charge in [0.05, 0.1) is 66.5 Å². The maximum absolute atomic E-state index is 14.3. The highest BCUT2D eigenvalue weighted by molar-refractivity contribution is 7.86. The summed E-state index contributed by atoms with van der Waals surface area (Å²) in [5.74, 6) is -1.34. The summed E-state index contributed by atoms with van der Waals surface area (Å²) in [7, 11) is 10.7. The Hall–Kier alpha value is -6.29. The van der Waals surface area contributed by atoms with Gasteiger partial charge in [0, 0.05) is 36.9 Å². The number of rotatable bonds is 19. The summed E-state index contributed by atoms with van der Waals surface area (Å²) in [5.41, 5.74) is 0.693. The Bertz CT molecular complexity index is 2780. The van der Waals surface area contributed by atoms with E-state index in [4.69, 9.17) is 43.4 Å². The largest absolute Gasteiger partial charge is 0.539 e. The van der Waals surface area contributed by atoms with Gasteiger partial charge in [-0.3, -0.25) is 28.3 Å². The van der Waals surface area contributed by atoms with Crippen molar-refractivity contribution in [2.24, 2.45) is 5.16 Å². The van der Waals surface area contributed by atoms with Crippen LogP contribution in [0.1, 0.15) is 65.8 Å². The van der Waals surface area contributed by atoms with Crippen molar-refractivity contribution in [3.05, 3.63) is 110 Å². The highest BCUT2D eigenvalue weighted by atomic mass is 35.5. The third-order valence-corrected chi connectivity index (χ3v) is 15.6. The summed E-state index contributed by atoms with van der Waals surface area (Å²) < 4.78 is 42.1. The van der Waals surface area contributed by atoms with E-state index in [2.05, 4.69) is 20.1 Å². The predicted molar refractivity (Wildman–Crippen MR) is 266 cm³/mol. The van der Waals surface area contributed by atoms with E-state index in [1.807, 2.05) is 62.6 Å². The molecular weight excluding hydrogens is 975 g/mol. The lowest BCUT2D eigenvalue weighted by Crippen LogP contribution is -2.74. The number of amides is 3. The number of benzene rings is 3. The topological polar surface area (TPSA) is 202 Å². The number of ether oxygens (including phenoxy) is 4. The molecule has 3 aliphatic rings. The zero-order chi connectivity index (χ0) is 51.4. The molecule has 1 aromatic heterocycles. The molecule has 3 aliphatic heterocycles. The number of ketones is 1. The third-order valence-electron chi connectivity index (χ3n) is 12.8. The van der Waals surface area contributed by atoms with Crippen molar-refractivity contribution in [2.45, 2.75) is 76.8 Å². The molecule has 3 aromatic carbocycles. The van der Waals surface area contributed by atoms with E-state index < -0.39 is 45.6 Å². The van der Waals surface area contributed by atoms with Crippen molar-refractivity contribution in [1.82, 2.24) is 20.1 Å². The molecule has 7 rings (SSSR count). The number of nitrogens with one attached hydrogen (secondary N) is 1. The van der Waals surface area contributed by atoms with Crippen LogP contribution in [-0.4, -0.2) is 143 Å². The van der Waals surface area contributed by atoms with Crippen molar-refractivity contribution in [2.75, 3.05) is 53.7 Å². The van der Waals surface area contributed by atoms with Crippen LogP contribution in [0.5, 0.6) is 23.0 Å². The summed E-state index contributed by atoms with van der Waals surface area (Å²) in [6.45, 7) is 7.30. The number of piperidine rings is 1. The first-order chi connectivity index (χ1) is 33.8. The Morgan fingerprint density at radius 1 is 0.958 bits per heavy atom. The molecule has 4 heterocycles. The minimum atomic E-state index is -1.80. The number of carbonyl (C=O) groups is 5. The normalized spacial score (nSPS) is 18.5. The number of oxime groups is 1.